The molecule has 39 heavy (non-hydrogen) atoms. The summed E-state index contributed by atoms with van der Waals surface area (Å²) in [7, 11) is 2.74. The molecule has 5 heteroatoms. The van der Waals surface area contributed by atoms with E-state index in [2.05, 4.69) is 107 Å². The Labute approximate surface area is 238 Å². The van der Waals surface area contributed by atoms with Gasteiger partial charge in [-0.2, -0.15) is 0 Å². The molecule has 0 aromatic heterocycles. The molecule has 2 aromatic rings. The quantitative estimate of drug-likeness (QED) is 0.122. The van der Waals surface area contributed by atoms with E-state index in [0.29, 0.717) is 26.4 Å². The number of hydrogen-bond donors (Lipinski definition) is 0. The molecule has 0 aliphatic carbocycles. The number of benzene rings is 2. The Morgan fingerprint density at radius 3 is 1.64 bits per heavy atom. The van der Waals surface area contributed by atoms with Gasteiger partial charge in [0.1, 0.15) is 0 Å². The highest BCUT2D eigenvalue weighted by Crippen LogP contribution is 2.36. The SMILES string of the molecule is C/C=C(/C/C=C(/C/C=C(/CCCO[Si](c1ccccc1)(c1ccccc1)C(C)(C)C)COC)COC)COC. The molecular formula is C34H50O4Si. The molecule has 0 heterocycles. The highest BCUT2D eigenvalue weighted by molar-refractivity contribution is 6.99. The van der Waals surface area contributed by atoms with Crippen molar-refractivity contribution in [3.63, 3.8) is 0 Å². The van der Waals surface area contributed by atoms with Crippen molar-refractivity contribution in [2.45, 2.75) is 58.4 Å². The normalized spacial score (nSPS) is 13.7. The zero-order valence-electron chi connectivity index (χ0n) is 25.3. The van der Waals surface area contributed by atoms with Crippen LogP contribution in [0.4, 0.5) is 0 Å². The molecule has 0 saturated heterocycles. The lowest BCUT2D eigenvalue weighted by Crippen LogP contribution is -2.66. The Kier molecular flexibility index (Phi) is 14.7. The molecular weight excluding hydrogens is 500 g/mol. The Bertz CT molecular complexity index is 996. The second-order valence-electron chi connectivity index (χ2n) is 11.0. The predicted molar refractivity (Wildman–Crippen MR) is 168 cm³/mol. The molecule has 0 spiro atoms. The summed E-state index contributed by atoms with van der Waals surface area (Å²) in [4.78, 5) is 0. The van der Waals surface area contributed by atoms with Crippen LogP contribution in [0.25, 0.3) is 0 Å². The third kappa shape index (κ3) is 10.0. The summed E-state index contributed by atoms with van der Waals surface area (Å²) in [5.41, 5.74) is 3.84. The van der Waals surface area contributed by atoms with E-state index >= 15 is 0 Å². The molecule has 0 N–H and O–H groups in total. The number of allylic oxidation sites excluding steroid dienone is 3. The Balaban J connectivity index is 2.17. The molecule has 0 saturated carbocycles. The molecule has 0 fully saturated rings. The average Bonchev–Trinajstić information content (AvgIpc) is 2.93. The van der Waals surface area contributed by atoms with Gasteiger partial charge in [0.15, 0.2) is 0 Å². The van der Waals surface area contributed by atoms with Crippen molar-refractivity contribution in [1.29, 1.82) is 0 Å². The summed E-state index contributed by atoms with van der Waals surface area (Å²) in [6.07, 6.45) is 10.3. The minimum Gasteiger partial charge on any atom is -0.407 e. The van der Waals surface area contributed by atoms with Crippen molar-refractivity contribution >= 4 is 18.7 Å². The average molecular weight is 551 g/mol. The van der Waals surface area contributed by atoms with Gasteiger partial charge < -0.3 is 18.6 Å². The van der Waals surface area contributed by atoms with Crippen LogP contribution in [-0.2, 0) is 18.6 Å². The number of ether oxygens (including phenoxy) is 3. The predicted octanol–water partition coefficient (Wildman–Crippen LogP) is 6.86. The summed E-state index contributed by atoms with van der Waals surface area (Å²) in [6.45, 7) is 11.6. The first-order valence-corrected chi connectivity index (χ1v) is 15.9. The van der Waals surface area contributed by atoms with Crippen LogP contribution in [0.2, 0.25) is 5.04 Å². The van der Waals surface area contributed by atoms with Gasteiger partial charge in [-0.05, 0) is 64.7 Å². The summed E-state index contributed by atoms with van der Waals surface area (Å²) in [5, 5.41) is 2.62. The van der Waals surface area contributed by atoms with Crippen LogP contribution in [0.5, 0.6) is 0 Å². The molecule has 214 valence electrons. The third-order valence-electron chi connectivity index (χ3n) is 7.08. The van der Waals surface area contributed by atoms with Gasteiger partial charge in [0.05, 0.1) is 19.8 Å². The van der Waals surface area contributed by atoms with Crippen LogP contribution in [-0.4, -0.2) is 56.1 Å². The molecule has 0 aliphatic rings. The van der Waals surface area contributed by atoms with E-state index < -0.39 is 8.32 Å². The fourth-order valence-electron chi connectivity index (χ4n) is 5.09. The van der Waals surface area contributed by atoms with Crippen LogP contribution >= 0.6 is 0 Å². The van der Waals surface area contributed by atoms with Crippen LogP contribution in [0.1, 0.15) is 53.4 Å². The third-order valence-corrected chi connectivity index (χ3v) is 12.1. The maximum absolute atomic E-state index is 7.08. The lowest BCUT2D eigenvalue weighted by atomic mass is 10.0. The van der Waals surface area contributed by atoms with Gasteiger partial charge in [0.2, 0.25) is 0 Å². The van der Waals surface area contributed by atoms with Crippen molar-refractivity contribution < 1.29 is 18.6 Å². The smallest absolute Gasteiger partial charge is 0.261 e. The van der Waals surface area contributed by atoms with Crippen molar-refractivity contribution in [2.24, 2.45) is 0 Å². The largest absolute Gasteiger partial charge is 0.407 e. The van der Waals surface area contributed by atoms with Gasteiger partial charge in [-0.15, -0.1) is 0 Å². The first-order valence-electron chi connectivity index (χ1n) is 14.0. The monoisotopic (exact) mass is 550 g/mol. The summed E-state index contributed by atoms with van der Waals surface area (Å²) in [6, 6.07) is 21.7. The van der Waals surface area contributed by atoms with Crippen LogP contribution in [0, 0.1) is 0 Å². The molecule has 0 amide bonds. The molecule has 2 rings (SSSR count). The van der Waals surface area contributed by atoms with E-state index in [9.17, 15) is 0 Å². The van der Waals surface area contributed by atoms with Gasteiger partial charge in [0.25, 0.3) is 8.32 Å². The molecule has 0 bridgehead atoms. The summed E-state index contributed by atoms with van der Waals surface area (Å²) >= 11 is 0. The number of rotatable bonds is 17. The van der Waals surface area contributed by atoms with E-state index in [1.165, 1.54) is 27.1 Å². The first kappa shape index (κ1) is 32.9. The molecule has 0 atom stereocenters. The van der Waals surface area contributed by atoms with E-state index in [1.807, 2.05) is 0 Å². The first-order chi connectivity index (χ1) is 18.8. The standard InChI is InChI=1S/C34H50O4Si/c1-8-29(26-35-5)21-22-31(28-37-7)24-23-30(27-36-6)16-15-25-38-39(34(2,3)4,32-17-11-9-12-18-32)33-19-13-10-14-20-33/h8-14,17-20,22-23H,15-16,21,24-28H2,1-7H3/b29-8-,30-23-,31-22-. The van der Waals surface area contributed by atoms with Crippen molar-refractivity contribution in [3.8, 4) is 0 Å². The van der Waals surface area contributed by atoms with Gasteiger partial charge in [-0.25, -0.2) is 0 Å². The topological polar surface area (TPSA) is 36.9 Å². The Morgan fingerprint density at radius 2 is 1.15 bits per heavy atom. The van der Waals surface area contributed by atoms with E-state index in [4.69, 9.17) is 18.6 Å². The fraction of sp³-hybridized carbons (Fsp3) is 0.471. The maximum atomic E-state index is 7.08. The van der Waals surface area contributed by atoms with Crippen LogP contribution in [0.15, 0.2) is 95.6 Å². The number of methoxy groups -OCH3 is 3. The summed E-state index contributed by atoms with van der Waals surface area (Å²) in [5.74, 6) is 0. The molecule has 2 aromatic carbocycles. The Hall–Kier alpha value is -2.28. The maximum Gasteiger partial charge on any atom is 0.261 e. The van der Waals surface area contributed by atoms with E-state index in [1.54, 1.807) is 21.3 Å². The van der Waals surface area contributed by atoms with E-state index in [-0.39, 0.29) is 5.04 Å². The van der Waals surface area contributed by atoms with E-state index in [0.717, 1.165) is 25.7 Å². The number of hydrogen-bond acceptors (Lipinski definition) is 4. The van der Waals surface area contributed by atoms with Gasteiger partial charge in [0, 0.05) is 27.9 Å². The van der Waals surface area contributed by atoms with Gasteiger partial charge in [-0.1, -0.05) is 99.7 Å². The second-order valence-corrected chi connectivity index (χ2v) is 15.3. The zero-order valence-corrected chi connectivity index (χ0v) is 26.3. The van der Waals surface area contributed by atoms with Gasteiger partial charge in [-0.3, -0.25) is 0 Å². The highest BCUT2D eigenvalue weighted by atomic mass is 28.4. The molecule has 0 radical (unpaired) electrons. The van der Waals surface area contributed by atoms with Crippen molar-refractivity contribution in [1.82, 2.24) is 0 Å². The summed E-state index contributed by atoms with van der Waals surface area (Å²) < 4.78 is 23.4. The van der Waals surface area contributed by atoms with Gasteiger partial charge >= 0.3 is 0 Å². The van der Waals surface area contributed by atoms with Crippen molar-refractivity contribution in [2.75, 3.05) is 47.8 Å². The minimum atomic E-state index is -2.51. The molecule has 0 aliphatic heterocycles. The molecule has 4 nitrogen and oxygen atoms in total. The lowest BCUT2D eigenvalue weighted by Gasteiger charge is -2.43. The van der Waals surface area contributed by atoms with Crippen molar-refractivity contribution in [3.05, 3.63) is 95.6 Å². The molecule has 0 unspecified atom stereocenters. The highest BCUT2D eigenvalue weighted by Gasteiger charge is 2.49. The van der Waals surface area contributed by atoms with Crippen LogP contribution in [0.3, 0.4) is 0 Å². The fourth-order valence-corrected chi connectivity index (χ4v) is 9.69. The second kappa shape index (κ2) is 17.4. The zero-order chi connectivity index (χ0) is 28.6. The van der Waals surface area contributed by atoms with Crippen LogP contribution < -0.4 is 10.4 Å². The minimum absolute atomic E-state index is 0.0185. The Morgan fingerprint density at radius 1 is 0.692 bits per heavy atom. The lowest BCUT2D eigenvalue weighted by molar-refractivity contribution is 0.218.